The maximum Gasteiger partial charge on any atom is 0.0729 e. The van der Waals surface area contributed by atoms with Crippen LogP contribution in [0.2, 0.25) is 0 Å². The summed E-state index contributed by atoms with van der Waals surface area (Å²) in [6.07, 6.45) is 5.89. The SMILES string of the molecule is COCC(CCCN)Nc1cnn(C(C)C)c1. The summed E-state index contributed by atoms with van der Waals surface area (Å²) in [5.74, 6) is 0. The van der Waals surface area contributed by atoms with Crippen LogP contribution in [0.4, 0.5) is 5.69 Å². The predicted molar refractivity (Wildman–Crippen MR) is 70.2 cm³/mol. The zero-order chi connectivity index (χ0) is 12.7. The van der Waals surface area contributed by atoms with Gasteiger partial charge in [-0.1, -0.05) is 0 Å². The van der Waals surface area contributed by atoms with Crippen molar-refractivity contribution in [2.75, 3.05) is 25.6 Å². The van der Waals surface area contributed by atoms with Gasteiger partial charge in [0.2, 0.25) is 0 Å². The molecule has 3 N–H and O–H groups in total. The minimum Gasteiger partial charge on any atom is -0.383 e. The first-order valence-corrected chi connectivity index (χ1v) is 6.17. The van der Waals surface area contributed by atoms with E-state index in [2.05, 4.69) is 24.3 Å². The number of nitrogens with two attached hydrogens (primary N) is 1. The fourth-order valence-electron chi connectivity index (χ4n) is 1.69. The van der Waals surface area contributed by atoms with Gasteiger partial charge in [-0.2, -0.15) is 5.10 Å². The van der Waals surface area contributed by atoms with E-state index in [1.807, 2.05) is 17.1 Å². The molecule has 5 nitrogen and oxygen atoms in total. The molecule has 0 spiro atoms. The standard InChI is InChI=1S/C12H24N4O/c1-10(2)16-8-12(7-14-16)15-11(9-17-3)5-4-6-13/h7-8,10-11,15H,4-6,9,13H2,1-3H3. The summed E-state index contributed by atoms with van der Waals surface area (Å²) in [4.78, 5) is 0. The van der Waals surface area contributed by atoms with Gasteiger partial charge in [-0.05, 0) is 33.2 Å². The topological polar surface area (TPSA) is 65.1 Å². The average molecular weight is 240 g/mol. The third-order valence-electron chi connectivity index (χ3n) is 2.63. The Morgan fingerprint density at radius 2 is 2.29 bits per heavy atom. The number of nitrogens with zero attached hydrogens (tertiary/aromatic N) is 2. The third kappa shape index (κ3) is 4.75. The Labute approximate surface area is 103 Å². The van der Waals surface area contributed by atoms with Crippen molar-refractivity contribution in [2.24, 2.45) is 5.73 Å². The van der Waals surface area contributed by atoms with Gasteiger partial charge in [0.05, 0.1) is 18.5 Å². The van der Waals surface area contributed by atoms with Crippen LogP contribution >= 0.6 is 0 Å². The molecule has 1 aromatic rings. The second-order valence-corrected chi connectivity index (χ2v) is 4.53. The Kier molecular flexibility index (Phi) is 6.00. The molecule has 0 bridgehead atoms. The second kappa shape index (κ2) is 7.29. The molecule has 0 aliphatic carbocycles. The van der Waals surface area contributed by atoms with E-state index < -0.39 is 0 Å². The third-order valence-corrected chi connectivity index (χ3v) is 2.63. The van der Waals surface area contributed by atoms with Gasteiger partial charge in [-0.15, -0.1) is 0 Å². The Morgan fingerprint density at radius 1 is 1.53 bits per heavy atom. The van der Waals surface area contributed by atoms with E-state index in [9.17, 15) is 0 Å². The lowest BCUT2D eigenvalue weighted by Crippen LogP contribution is -2.25. The molecule has 1 aromatic heterocycles. The first-order chi connectivity index (χ1) is 8.17. The monoisotopic (exact) mass is 240 g/mol. The molecule has 1 unspecified atom stereocenters. The highest BCUT2D eigenvalue weighted by Gasteiger charge is 2.09. The highest BCUT2D eigenvalue weighted by molar-refractivity contribution is 5.39. The van der Waals surface area contributed by atoms with Crippen LogP contribution in [0.5, 0.6) is 0 Å². The summed E-state index contributed by atoms with van der Waals surface area (Å²) in [6, 6.07) is 0.684. The lowest BCUT2D eigenvalue weighted by Gasteiger charge is -2.17. The summed E-state index contributed by atoms with van der Waals surface area (Å²) < 4.78 is 7.14. The number of rotatable bonds is 8. The van der Waals surface area contributed by atoms with Crippen molar-refractivity contribution in [3.8, 4) is 0 Å². The molecule has 98 valence electrons. The summed E-state index contributed by atoms with van der Waals surface area (Å²) in [5, 5.41) is 7.72. The summed E-state index contributed by atoms with van der Waals surface area (Å²) in [6.45, 7) is 5.62. The highest BCUT2D eigenvalue weighted by Crippen LogP contribution is 2.13. The van der Waals surface area contributed by atoms with Gasteiger partial charge in [-0.3, -0.25) is 4.68 Å². The Hall–Kier alpha value is -1.07. The number of methoxy groups -OCH3 is 1. The first-order valence-electron chi connectivity index (χ1n) is 6.17. The molecular formula is C12H24N4O. The maximum atomic E-state index is 5.53. The zero-order valence-corrected chi connectivity index (χ0v) is 11.0. The molecule has 1 atom stereocenters. The van der Waals surface area contributed by atoms with Gasteiger partial charge >= 0.3 is 0 Å². The van der Waals surface area contributed by atoms with E-state index in [0.717, 1.165) is 18.5 Å². The van der Waals surface area contributed by atoms with Gasteiger partial charge in [0, 0.05) is 25.4 Å². The molecule has 17 heavy (non-hydrogen) atoms. The molecule has 0 radical (unpaired) electrons. The van der Waals surface area contributed by atoms with Crippen molar-refractivity contribution >= 4 is 5.69 Å². The number of nitrogens with one attached hydrogen (secondary N) is 1. The fourth-order valence-corrected chi connectivity index (χ4v) is 1.69. The molecule has 0 amide bonds. The van der Waals surface area contributed by atoms with Crippen LogP contribution in [0.15, 0.2) is 12.4 Å². The van der Waals surface area contributed by atoms with Gasteiger partial charge in [0.1, 0.15) is 0 Å². The highest BCUT2D eigenvalue weighted by atomic mass is 16.5. The van der Waals surface area contributed by atoms with Crippen LogP contribution in [-0.2, 0) is 4.74 Å². The molecule has 0 aliphatic rings. The second-order valence-electron chi connectivity index (χ2n) is 4.53. The van der Waals surface area contributed by atoms with E-state index in [0.29, 0.717) is 25.2 Å². The number of anilines is 1. The molecule has 5 heteroatoms. The molecule has 0 fully saturated rings. The molecule has 0 aliphatic heterocycles. The lowest BCUT2D eigenvalue weighted by atomic mass is 10.1. The smallest absolute Gasteiger partial charge is 0.0729 e. The van der Waals surface area contributed by atoms with Gasteiger partial charge < -0.3 is 15.8 Å². The molecular weight excluding hydrogens is 216 g/mol. The van der Waals surface area contributed by atoms with Crippen LogP contribution < -0.4 is 11.1 Å². The molecule has 0 aromatic carbocycles. The van der Waals surface area contributed by atoms with Gasteiger partial charge in [0.25, 0.3) is 0 Å². The summed E-state index contributed by atoms with van der Waals surface area (Å²) >= 11 is 0. The van der Waals surface area contributed by atoms with E-state index >= 15 is 0 Å². The minimum absolute atomic E-state index is 0.299. The molecule has 1 heterocycles. The minimum atomic E-state index is 0.299. The number of aromatic nitrogens is 2. The Balaban J connectivity index is 2.52. The van der Waals surface area contributed by atoms with Crippen LogP contribution in [0.3, 0.4) is 0 Å². The quantitative estimate of drug-likeness (QED) is 0.725. The zero-order valence-electron chi connectivity index (χ0n) is 11.0. The van der Waals surface area contributed by atoms with Crippen molar-refractivity contribution in [2.45, 2.75) is 38.8 Å². The first kappa shape index (κ1) is 14.0. The van der Waals surface area contributed by atoms with Crippen LogP contribution in [-0.4, -0.2) is 36.1 Å². The van der Waals surface area contributed by atoms with Crippen molar-refractivity contribution < 1.29 is 4.74 Å². The summed E-state index contributed by atoms with van der Waals surface area (Å²) in [5.41, 5.74) is 6.56. The molecule has 1 rings (SSSR count). The van der Waals surface area contributed by atoms with Crippen LogP contribution in [0, 0.1) is 0 Å². The fraction of sp³-hybridized carbons (Fsp3) is 0.750. The number of ether oxygens (including phenoxy) is 1. The van der Waals surface area contributed by atoms with E-state index in [1.165, 1.54) is 0 Å². The number of hydrogen-bond donors (Lipinski definition) is 2. The normalized spacial score (nSPS) is 13.0. The molecule has 0 saturated heterocycles. The van der Waals surface area contributed by atoms with Crippen molar-refractivity contribution in [1.82, 2.24) is 9.78 Å². The maximum absolute atomic E-state index is 5.53. The average Bonchev–Trinajstić information content (AvgIpc) is 2.75. The van der Waals surface area contributed by atoms with Crippen molar-refractivity contribution in [3.63, 3.8) is 0 Å². The van der Waals surface area contributed by atoms with Gasteiger partial charge in [0.15, 0.2) is 0 Å². The predicted octanol–water partition coefficient (Wildman–Crippen LogP) is 1.63. The number of hydrogen-bond acceptors (Lipinski definition) is 4. The van der Waals surface area contributed by atoms with E-state index in [1.54, 1.807) is 7.11 Å². The van der Waals surface area contributed by atoms with Crippen LogP contribution in [0.1, 0.15) is 32.7 Å². The van der Waals surface area contributed by atoms with E-state index in [-0.39, 0.29) is 0 Å². The Bertz CT molecular complexity index is 311. The van der Waals surface area contributed by atoms with Gasteiger partial charge in [-0.25, -0.2) is 0 Å². The largest absolute Gasteiger partial charge is 0.383 e. The van der Waals surface area contributed by atoms with Crippen LogP contribution in [0.25, 0.3) is 0 Å². The summed E-state index contributed by atoms with van der Waals surface area (Å²) in [7, 11) is 1.72. The van der Waals surface area contributed by atoms with E-state index in [4.69, 9.17) is 10.5 Å². The van der Waals surface area contributed by atoms with Crippen molar-refractivity contribution in [3.05, 3.63) is 12.4 Å². The van der Waals surface area contributed by atoms with Crippen molar-refractivity contribution in [1.29, 1.82) is 0 Å². The Morgan fingerprint density at radius 3 is 2.82 bits per heavy atom. The molecule has 0 saturated carbocycles. The lowest BCUT2D eigenvalue weighted by molar-refractivity contribution is 0.182.